The van der Waals surface area contributed by atoms with Crippen LogP contribution in [0.15, 0.2) is 27.7 Å². The van der Waals surface area contributed by atoms with Crippen LogP contribution in [0.3, 0.4) is 0 Å². The van der Waals surface area contributed by atoms with Crippen molar-refractivity contribution in [2.75, 3.05) is 32.6 Å². The van der Waals surface area contributed by atoms with E-state index in [9.17, 15) is 4.79 Å². The summed E-state index contributed by atoms with van der Waals surface area (Å²) in [5, 5.41) is 9.22. The molecule has 25 heavy (non-hydrogen) atoms. The summed E-state index contributed by atoms with van der Waals surface area (Å²) in [5.41, 5.74) is 1.56. The topological polar surface area (TPSA) is 74.8 Å². The van der Waals surface area contributed by atoms with Gasteiger partial charge in [0.25, 0.3) is 0 Å². The third kappa shape index (κ3) is 9.41. The molecule has 1 aromatic rings. The van der Waals surface area contributed by atoms with Gasteiger partial charge in [0.1, 0.15) is 0 Å². The normalized spacial score (nSPS) is 11.5. The number of amides is 1. The van der Waals surface area contributed by atoms with Gasteiger partial charge in [-0.15, -0.1) is 24.0 Å². The molecule has 0 aliphatic rings. The number of methoxy groups -OCH3 is 1. The molecule has 1 rings (SSSR count). The molecule has 6 nitrogen and oxygen atoms in total. The van der Waals surface area contributed by atoms with Crippen LogP contribution >= 0.6 is 39.9 Å². The molecular weight excluding hydrogens is 499 g/mol. The van der Waals surface area contributed by atoms with Crippen LogP contribution < -0.4 is 16.0 Å². The Bertz CT molecular complexity index is 594. The second kappa shape index (κ2) is 11.7. The fourth-order valence-electron chi connectivity index (χ4n) is 1.83. The Labute approximate surface area is 175 Å². The van der Waals surface area contributed by atoms with Crippen LogP contribution in [0.5, 0.6) is 0 Å². The van der Waals surface area contributed by atoms with Crippen molar-refractivity contribution in [3.8, 4) is 0 Å². The number of benzene rings is 1. The lowest BCUT2D eigenvalue weighted by Gasteiger charge is -2.24. The van der Waals surface area contributed by atoms with Crippen LogP contribution in [0.4, 0.5) is 5.69 Å². The zero-order valence-electron chi connectivity index (χ0n) is 15.4. The molecule has 1 aromatic carbocycles. The molecule has 1 amide bonds. The van der Waals surface area contributed by atoms with Crippen molar-refractivity contribution in [1.29, 1.82) is 0 Å². The molecule has 142 valence electrons. The summed E-state index contributed by atoms with van der Waals surface area (Å²) >= 11 is 3.41. The Morgan fingerprint density at radius 1 is 1.32 bits per heavy atom. The first-order chi connectivity index (χ1) is 11.3. The number of ether oxygens (including phenoxy) is 1. The predicted molar refractivity (Wildman–Crippen MR) is 118 cm³/mol. The van der Waals surface area contributed by atoms with Gasteiger partial charge in [0.15, 0.2) is 5.96 Å². The zero-order valence-corrected chi connectivity index (χ0v) is 19.3. The lowest BCUT2D eigenvalue weighted by atomic mass is 10.1. The van der Waals surface area contributed by atoms with Gasteiger partial charge in [-0.1, -0.05) is 22.0 Å². The number of nitrogens with one attached hydrogen (secondary N) is 3. The van der Waals surface area contributed by atoms with Gasteiger partial charge in [0.05, 0.1) is 5.60 Å². The van der Waals surface area contributed by atoms with E-state index in [4.69, 9.17) is 4.74 Å². The lowest BCUT2D eigenvalue weighted by molar-refractivity contribution is -0.116. The average molecular weight is 527 g/mol. The Hall–Kier alpha value is -0.870. The summed E-state index contributed by atoms with van der Waals surface area (Å²) in [7, 11) is 3.37. The molecule has 0 aromatic heterocycles. The Balaban J connectivity index is 0.00000576. The summed E-state index contributed by atoms with van der Waals surface area (Å²) in [5.74, 6) is 0.600. The van der Waals surface area contributed by atoms with Crippen molar-refractivity contribution in [3.63, 3.8) is 0 Å². The SMILES string of the molecule is CN=C(NCCC(=O)Nc1cc(Br)ccc1C)NCC(C)(C)OC.I. The number of nitrogens with zero attached hydrogens (tertiary/aromatic N) is 1. The Morgan fingerprint density at radius 3 is 2.60 bits per heavy atom. The summed E-state index contributed by atoms with van der Waals surface area (Å²) in [4.78, 5) is 16.2. The number of rotatable bonds is 7. The smallest absolute Gasteiger partial charge is 0.226 e. The van der Waals surface area contributed by atoms with Gasteiger partial charge < -0.3 is 20.7 Å². The highest BCUT2D eigenvalue weighted by Gasteiger charge is 2.16. The number of hydrogen-bond donors (Lipinski definition) is 3. The summed E-state index contributed by atoms with van der Waals surface area (Å²) < 4.78 is 6.29. The Kier molecular flexibility index (Phi) is 11.3. The van der Waals surface area contributed by atoms with Crippen LogP contribution in [0.2, 0.25) is 0 Å². The maximum atomic E-state index is 12.1. The highest BCUT2D eigenvalue weighted by atomic mass is 127. The molecule has 3 N–H and O–H groups in total. The molecule has 0 saturated heterocycles. The first-order valence-electron chi connectivity index (χ1n) is 7.83. The molecule has 0 spiro atoms. The van der Waals surface area contributed by atoms with E-state index in [-0.39, 0.29) is 35.5 Å². The summed E-state index contributed by atoms with van der Waals surface area (Å²) in [6.07, 6.45) is 0.348. The minimum Gasteiger partial charge on any atom is -0.377 e. The number of aryl methyl sites for hydroxylation is 1. The average Bonchev–Trinajstić information content (AvgIpc) is 2.54. The minimum atomic E-state index is -0.285. The number of aliphatic imine (C=N–C) groups is 1. The number of hydrogen-bond acceptors (Lipinski definition) is 3. The summed E-state index contributed by atoms with van der Waals surface area (Å²) in [6, 6.07) is 5.80. The van der Waals surface area contributed by atoms with Crippen LogP contribution in [0.25, 0.3) is 0 Å². The number of carbonyl (C=O) groups excluding carboxylic acids is 1. The lowest BCUT2D eigenvalue weighted by Crippen LogP contribution is -2.45. The molecule has 0 aliphatic heterocycles. The molecule has 0 fully saturated rings. The molecule has 0 saturated carbocycles. The number of halogens is 2. The van der Waals surface area contributed by atoms with E-state index in [0.29, 0.717) is 25.5 Å². The van der Waals surface area contributed by atoms with E-state index < -0.39 is 0 Å². The van der Waals surface area contributed by atoms with Gasteiger partial charge in [-0.05, 0) is 38.5 Å². The molecule has 0 heterocycles. The van der Waals surface area contributed by atoms with E-state index in [1.54, 1.807) is 14.2 Å². The maximum absolute atomic E-state index is 12.1. The number of guanidine groups is 1. The van der Waals surface area contributed by atoms with Gasteiger partial charge in [0.2, 0.25) is 5.91 Å². The zero-order chi connectivity index (χ0) is 18.2. The highest BCUT2D eigenvalue weighted by Crippen LogP contribution is 2.20. The van der Waals surface area contributed by atoms with E-state index >= 15 is 0 Å². The summed E-state index contributed by atoms with van der Waals surface area (Å²) in [6.45, 7) is 7.05. The van der Waals surface area contributed by atoms with Crippen molar-refractivity contribution in [3.05, 3.63) is 28.2 Å². The third-order valence-electron chi connectivity index (χ3n) is 3.58. The molecule has 0 bridgehead atoms. The monoisotopic (exact) mass is 526 g/mol. The van der Waals surface area contributed by atoms with E-state index in [2.05, 4.69) is 36.9 Å². The van der Waals surface area contributed by atoms with Crippen molar-refractivity contribution < 1.29 is 9.53 Å². The highest BCUT2D eigenvalue weighted by molar-refractivity contribution is 14.0. The fraction of sp³-hybridized carbons (Fsp3) is 0.529. The van der Waals surface area contributed by atoms with Crippen LogP contribution in [-0.4, -0.2) is 44.7 Å². The molecule has 0 unspecified atom stereocenters. The number of carbonyl (C=O) groups is 1. The minimum absolute atomic E-state index is 0. The molecule has 0 aliphatic carbocycles. The number of anilines is 1. The van der Waals surface area contributed by atoms with Crippen molar-refractivity contribution in [1.82, 2.24) is 10.6 Å². The molecule has 0 atom stereocenters. The molecule has 0 radical (unpaired) electrons. The van der Waals surface area contributed by atoms with Gasteiger partial charge >= 0.3 is 0 Å². The first-order valence-corrected chi connectivity index (χ1v) is 8.62. The Morgan fingerprint density at radius 2 is 2.00 bits per heavy atom. The van der Waals surface area contributed by atoms with Gasteiger partial charge in [0, 0.05) is 43.8 Å². The van der Waals surface area contributed by atoms with E-state index in [1.165, 1.54) is 0 Å². The first kappa shape index (κ1) is 24.1. The second-order valence-corrected chi connectivity index (χ2v) is 6.99. The fourth-order valence-corrected chi connectivity index (χ4v) is 2.19. The van der Waals surface area contributed by atoms with Crippen molar-refractivity contribution in [2.24, 2.45) is 4.99 Å². The largest absolute Gasteiger partial charge is 0.377 e. The molecular formula is C17H28BrIN4O2. The van der Waals surface area contributed by atoms with Gasteiger partial charge in [-0.25, -0.2) is 0 Å². The third-order valence-corrected chi connectivity index (χ3v) is 4.07. The van der Waals surface area contributed by atoms with Crippen LogP contribution in [-0.2, 0) is 9.53 Å². The van der Waals surface area contributed by atoms with E-state index in [0.717, 1.165) is 15.7 Å². The second-order valence-electron chi connectivity index (χ2n) is 6.07. The quantitative estimate of drug-likeness (QED) is 0.289. The maximum Gasteiger partial charge on any atom is 0.226 e. The van der Waals surface area contributed by atoms with Crippen molar-refractivity contribution >= 4 is 57.5 Å². The van der Waals surface area contributed by atoms with Gasteiger partial charge in [-0.3, -0.25) is 9.79 Å². The predicted octanol–water partition coefficient (Wildman–Crippen LogP) is 3.29. The molecule has 8 heteroatoms. The van der Waals surface area contributed by atoms with Gasteiger partial charge in [-0.2, -0.15) is 0 Å². The van der Waals surface area contributed by atoms with Crippen LogP contribution in [0, 0.1) is 6.92 Å². The van der Waals surface area contributed by atoms with E-state index in [1.807, 2.05) is 39.0 Å². The van der Waals surface area contributed by atoms with Crippen molar-refractivity contribution in [2.45, 2.75) is 32.8 Å². The standard InChI is InChI=1S/C17H27BrN4O2.HI/c1-12-6-7-13(18)10-14(12)22-15(23)8-9-20-16(19-4)21-11-17(2,3)24-5;/h6-7,10H,8-9,11H2,1-5H3,(H,22,23)(H2,19,20,21);1H. The van der Waals surface area contributed by atoms with Crippen LogP contribution in [0.1, 0.15) is 25.8 Å².